The molecule has 2 N–H and O–H groups in total. The monoisotopic (exact) mass is 593 g/mol. The van der Waals surface area contributed by atoms with E-state index in [4.69, 9.17) is 9.47 Å². The Bertz CT molecular complexity index is 1250. The van der Waals surface area contributed by atoms with Crippen molar-refractivity contribution in [3.8, 4) is 0 Å². The van der Waals surface area contributed by atoms with Crippen LogP contribution < -0.4 is 10.6 Å². The van der Waals surface area contributed by atoms with Crippen LogP contribution in [0.3, 0.4) is 0 Å². The average molecular weight is 594 g/mol. The number of amides is 3. The molecule has 10 heteroatoms. The van der Waals surface area contributed by atoms with Crippen molar-refractivity contribution in [3.63, 3.8) is 0 Å². The van der Waals surface area contributed by atoms with Gasteiger partial charge in [0.05, 0.1) is 6.04 Å². The first-order valence-corrected chi connectivity index (χ1v) is 14.7. The number of hydrogen-bond donors (Lipinski definition) is 2. The van der Waals surface area contributed by atoms with Gasteiger partial charge in [0.25, 0.3) is 11.8 Å². The predicted octanol–water partition coefficient (Wildman–Crippen LogP) is 3.96. The molecule has 1 fully saturated rings. The van der Waals surface area contributed by atoms with Gasteiger partial charge in [-0.25, -0.2) is 9.59 Å². The Morgan fingerprint density at radius 3 is 2.09 bits per heavy atom. The van der Waals surface area contributed by atoms with Gasteiger partial charge >= 0.3 is 12.1 Å². The lowest BCUT2D eigenvalue weighted by atomic mass is 9.98. The van der Waals surface area contributed by atoms with E-state index in [0.717, 1.165) is 5.56 Å². The van der Waals surface area contributed by atoms with E-state index < -0.39 is 53.4 Å². The second-order valence-corrected chi connectivity index (χ2v) is 12.2. The van der Waals surface area contributed by atoms with E-state index in [0.29, 0.717) is 29.8 Å². The molecule has 3 rings (SSSR count). The number of benzene rings is 2. The van der Waals surface area contributed by atoms with E-state index in [9.17, 15) is 24.0 Å². The van der Waals surface area contributed by atoms with Crippen LogP contribution in [0.15, 0.2) is 60.7 Å². The Morgan fingerprint density at radius 2 is 1.56 bits per heavy atom. The summed E-state index contributed by atoms with van der Waals surface area (Å²) in [6.45, 7) is 9.24. The molecule has 0 bridgehead atoms. The average Bonchev–Trinajstić information content (AvgIpc) is 3.50. The third-order valence-corrected chi connectivity index (χ3v) is 6.81. The van der Waals surface area contributed by atoms with Gasteiger partial charge in [0.2, 0.25) is 5.78 Å². The van der Waals surface area contributed by atoms with Gasteiger partial charge in [-0.1, -0.05) is 74.5 Å². The van der Waals surface area contributed by atoms with E-state index in [1.165, 1.54) is 0 Å². The first-order valence-electron chi connectivity index (χ1n) is 14.7. The molecule has 2 aromatic carbocycles. The Labute approximate surface area is 253 Å². The van der Waals surface area contributed by atoms with Crippen LogP contribution in [-0.2, 0) is 41.7 Å². The fourth-order valence-electron chi connectivity index (χ4n) is 4.82. The summed E-state index contributed by atoms with van der Waals surface area (Å²) < 4.78 is 11.0. The number of esters is 1. The zero-order valence-electron chi connectivity index (χ0n) is 25.6. The number of nitrogens with one attached hydrogen (secondary N) is 2. The summed E-state index contributed by atoms with van der Waals surface area (Å²) in [6.07, 6.45) is 0.305. The van der Waals surface area contributed by atoms with Crippen LogP contribution in [0, 0.1) is 5.92 Å². The molecule has 3 amide bonds. The molecule has 0 aliphatic carbocycles. The lowest BCUT2D eigenvalue weighted by Gasteiger charge is -2.34. The lowest BCUT2D eigenvalue weighted by molar-refractivity contribution is -0.171. The summed E-state index contributed by atoms with van der Waals surface area (Å²) in [4.78, 5) is 68.9. The summed E-state index contributed by atoms with van der Waals surface area (Å²) in [5.74, 6) is -3.77. The highest BCUT2D eigenvalue weighted by Gasteiger charge is 2.44. The summed E-state index contributed by atoms with van der Waals surface area (Å²) in [7, 11) is 0. The van der Waals surface area contributed by atoms with Crippen LogP contribution in [0.4, 0.5) is 4.79 Å². The maximum Gasteiger partial charge on any atom is 0.408 e. The molecule has 3 atom stereocenters. The maximum atomic E-state index is 14.4. The Balaban J connectivity index is 1.99. The molecule has 0 saturated carbocycles. The van der Waals surface area contributed by atoms with Crippen molar-refractivity contribution in [1.82, 2.24) is 15.5 Å². The first kappa shape index (κ1) is 33.5. The second-order valence-electron chi connectivity index (χ2n) is 12.2. The Morgan fingerprint density at radius 1 is 0.953 bits per heavy atom. The van der Waals surface area contributed by atoms with Crippen LogP contribution in [0.2, 0.25) is 0 Å². The lowest BCUT2D eigenvalue weighted by Crippen LogP contribution is -2.60. The van der Waals surface area contributed by atoms with Gasteiger partial charge in [0.1, 0.15) is 24.3 Å². The Hall–Kier alpha value is -4.05. The smallest absolute Gasteiger partial charge is 0.408 e. The third kappa shape index (κ3) is 10.3. The van der Waals surface area contributed by atoms with Gasteiger partial charge in [-0.15, -0.1) is 0 Å². The van der Waals surface area contributed by atoms with Crippen molar-refractivity contribution in [3.05, 3.63) is 71.8 Å². The van der Waals surface area contributed by atoms with Gasteiger partial charge in [-0.2, -0.15) is 0 Å². The van der Waals surface area contributed by atoms with Gasteiger partial charge in [-0.3, -0.25) is 19.3 Å². The molecule has 1 aliphatic rings. The first-order chi connectivity index (χ1) is 20.4. The normalized spacial score (nSPS) is 16.2. The zero-order valence-corrected chi connectivity index (χ0v) is 25.6. The van der Waals surface area contributed by atoms with Crippen molar-refractivity contribution in [2.45, 2.75) is 90.6 Å². The van der Waals surface area contributed by atoms with E-state index in [1.54, 1.807) is 57.2 Å². The molecular formula is C33H43N3O7. The van der Waals surface area contributed by atoms with Gasteiger partial charge in [-0.05, 0) is 63.6 Å². The minimum Gasteiger partial charge on any atom is -0.458 e. The van der Waals surface area contributed by atoms with Crippen LogP contribution in [-0.4, -0.2) is 64.8 Å². The number of ether oxygens (including phenoxy) is 2. The standard InChI is InChI=1S/C33H43N3O7/c1-22(2)19-27(31(40)43-33(3,4)5)36(30(39)28(37)25-17-12-18-34-25)29(38)26(20-23-13-8-6-9-14-23)35-32(41)42-21-24-15-10-7-11-16-24/h6-11,13-16,22,25-27,34H,12,17-21H2,1-5H3,(H,35,41). The summed E-state index contributed by atoms with van der Waals surface area (Å²) >= 11 is 0. The molecule has 2 aromatic rings. The van der Waals surface area contributed by atoms with Gasteiger partial charge in [0, 0.05) is 6.42 Å². The van der Waals surface area contributed by atoms with Crippen molar-refractivity contribution >= 4 is 29.7 Å². The molecule has 10 nitrogen and oxygen atoms in total. The summed E-state index contributed by atoms with van der Waals surface area (Å²) in [5, 5.41) is 5.59. The molecule has 1 heterocycles. The van der Waals surface area contributed by atoms with Crippen LogP contribution >= 0.6 is 0 Å². The minimum absolute atomic E-state index is 0.0114. The van der Waals surface area contributed by atoms with Gasteiger partial charge < -0.3 is 20.1 Å². The topological polar surface area (TPSA) is 131 Å². The molecule has 3 unspecified atom stereocenters. The number of alkyl carbamates (subject to hydrolysis) is 1. The Kier molecular flexibility index (Phi) is 12.0. The number of hydrogen-bond acceptors (Lipinski definition) is 8. The molecule has 232 valence electrons. The number of carbonyl (C=O) groups excluding carboxylic acids is 5. The van der Waals surface area contributed by atoms with Crippen molar-refractivity contribution in [2.24, 2.45) is 5.92 Å². The van der Waals surface area contributed by atoms with Crippen LogP contribution in [0.5, 0.6) is 0 Å². The molecule has 1 aliphatic heterocycles. The highest BCUT2D eigenvalue weighted by atomic mass is 16.6. The molecular weight excluding hydrogens is 550 g/mol. The number of rotatable bonds is 12. The number of carbonyl (C=O) groups is 5. The van der Waals surface area contributed by atoms with E-state index in [1.807, 2.05) is 38.1 Å². The van der Waals surface area contributed by atoms with E-state index in [-0.39, 0.29) is 25.4 Å². The number of Topliss-reactive ketones (excluding diaryl/α,β-unsaturated/α-hetero) is 1. The second kappa shape index (κ2) is 15.4. The number of imide groups is 1. The van der Waals surface area contributed by atoms with Crippen molar-refractivity contribution in [1.29, 1.82) is 0 Å². The molecule has 0 spiro atoms. The number of ketones is 1. The minimum atomic E-state index is -1.38. The molecule has 1 saturated heterocycles. The fraction of sp³-hybridized carbons (Fsp3) is 0.485. The van der Waals surface area contributed by atoms with Crippen molar-refractivity contribution in [2.75, 3.05) is 6.54 Å². The van der Waals surface area contributed by atoms with Crippen molar-refractivity contribution < 1.29 is 33.4 Å². The SMILES string of the molecule is CC(C)CC(C(=O)OC(C)(C)C)N(C(=O)C(=O)C1CCCN1)C(=O)C(Cc1ccccc1)NC(=O)OCc1ccccc1. The van der Waals surface area contributed by atoms with Gasteiger partial charge in [0.15, 0.2) is 0 Å². The predicted molar refractivity (Wildman–Crippen MR) is 161 cm³/mol. The maximum absolute atomic E-state index is 14.4. The third-order valence-electron chi connectivity index (χ3n) is 6.81. The van der Waals surface area contributed by atoms with E-state index >= 15 is 0 Å². The zero-order chi connectivity index (χ0) is 31.6. The van der Waals surface area contributed by atoms with Crippen LogP contribution in [0.25, 0.3) is 0 Å². The van der Waals surface area contributed by atoms with Crippen LogP contribution in [0.1, 0.15) is 65.0 Å². The highest BCUT2D eigenvalue weighted by Crippen LogP contribution is 2.21. The summed E-state index contributed by atoms with van der Waals surface area (Å²) in [5.41, 5.74) is 0.527. The largest absolute Gasteiger partial charge is 0.458 e. The fourth-order valence-corrected chi connectivity index (χ4v) is 4.82. The number of nitrogens with zero attached hydrogens (tertiary/aromatic N) is 1. The highest BCUT2D eigenvalue weighted by molar-refractivity contribution is 6.41. The molecule has 0 aromatic heterocycles. The summed E-state index contributed by atoms with van der Waals surface area (Å²) in [6, 6.07) is 14.5. The molecule has 0 radical (unpaired) electrons. The van der Waals surface area contributed by atoms with E-state index in [2.05, 4.69) is 10.6 Å². The molecule has 43 heavy (non-hydrogen) atoms. The quantitative estimate of drug-likeness (QED) is 0.279.